The van der Waals surface area contributed by atoms with Gasteiger partial charge in [-0.1, -0.05) is 24.3 Å². The fourth-order valence-electron chi connectivity index (χ4n) is 2.97. The third-order valence-electron chi connectivity index (χ3n) is 5.14. The Morgan fingerprint density at radius 2 is 1.34 bits per heavy atom. The number of carbonyl (C=O) groups is 1. The predicted octanol–water partition coefficient (Wildman–Crippen LogP) is 5.15. The Labute approximate surface area is 247 Å². The van der Waals surface area contributed by atoms with E-state index >= 15 is 0 Å². The fraction of sp³-hybridized carbons (Fsp3) is 0.240. The molecule has 0 saturated heterocycles. The van der Waals surface area contributed by atoms with Crippen molar-refractivity contribution in [2.24, 2.45) is 4.99 Å². The van der Waals surface area contributed by atoms with Crippen LogP contribution in [0.2, 0.25) is 0 Å². The van der Waals surface area contributed by atoms with Gasteiger partial charge in [0.2, 0.25) is 6.08 Å². The summed E-state index contributed by atoms with van der Waals surface area (Å²) in [6.45, 7) is 2.92. The summed E-state index contributed by atoms with van der Waals surface area (Å²) in [5.41, 5.74) is -7.75. The number of benzene rings is 2. The first kappa shape index (κ1) is 35.9. The SMILES string of the molecule is Cc1cc[n+](CCOC(=O)Nc2ccc(Cc3ccc(N=C=O)cc3)cc2)cc1.O=S(=O)([N-]S(=O)(=O)C(F)(F)F)C(F)(F)F. The number of hydrogen-bond donors (Lipinski definition) is 1. The minimum Gasteiger partial charge on any atom is -0.443 e. The van der Waals surface area contributed by atoms with E-state index in [1.165, 1.54) is 11.6 Å². The van der Waals surface area contributed by atoms with Gasteiger partial charge < -0.3 is 8.86 Å². The number of hydrogen-bond acceptors (Lipinski definition) is 8. The Kier molecular flexibility index (Phi) is 12.2. The van der Waals surface area contributed by atoms with E-state index in [-0.39, 0.29) is 0 Å². The van der Waals surface area contributed by atoms with Crippen LogP contribution in [0.25, 0.3) is 4.13 Å². The normalized spacial score (nSPS) is 11.9. The van der Waals surface area contributed by atoms with Gasteiger partial charge in [0.15, 0.2) is 45.6 Å². The number of amides is 1. The number of anilines is 1. The zero-order valence-corrected chi connectivity index (χ0v) is 24.0. The van der Waals surface area contributed by atoms with Crippen molar-refractivity contribution < 1.29 is 62.1 Å². The van der Waals surface area contributed by atoms with Gasteiger partial charge in [0, 0.05) is 17.8 Å². The molecule has 0 unspecified atom stereocenters. The molecule has 0 bridgehead atoms. The Hall–Kier alpha value is -4.32. The summed E-state index contributed by atoms with van der Waals surface area (Å²) in [6, 6.07) is 19.0. The van der Waals surface area contributed by atoms with E-state index in [0.717, 1.165) is 21.7 Å². The summed E-state index contributed by atoms with van der Waals surface area (Å²) in [4.78, 5) is 25.8. The van der Waals surface area contributed by atoms with E-state index in [1.807, 2.05) is 72.4 Å². The number of nitrogens with one attached hydrogen (secondary N) is 1. The van der Waals surface area contributed by atoms with Crippen LogP contribution in [0.3, 0.4) is 0 Å². The summed E-state index contributed by atoms with van der Waals surface area (Å²) >= 11 is 0. The van der Waals surface area contributed by atoms with Gasteiger partial charge in [0.25, 0.3) is 0 Å². The van der Waals surface area contributed by atoms with Crippen molar-refractivity contribution in [3.8, 4) is 0 Å². The summed E-state index contributed by atoms with van der Waals surface area (Å²) < 4.78 is 116. The Morgan fingerprint density at radius 1 is 0.864 bits per heavy atom. The summed E-state index contributed by atoms with van der Waals surface area (Å²) in [7, 11) is -13.4. The molecule has 0 aliphatic heterocycles. The summed E-state index contributed by atoms with van der Waals surface area (Å²) in [5, 5.41) is 2.73. The molecule has 19 heteroatoms. The molecule has 11 nitrogen and oxygen atoms in total. The summed E-state index contributed by atoms with van der Waals surface area (Å²) in [6.07, 6.45) is 5.70. The molecule has 0 fully saturated rings. The van der Waals surface area contributed by atoms with Gasteiger partial charge in [0.05, 0.1) is 5.69 Å². The maximum absolute atomic E-state index is 11.9. The first-order chi connectivity index (χ1) is 20.3. The molecule has 238 valence electrons. The smallest absolute Gasteiger partial charge is 0.443 e. The molecule has 0 aliphatic carbocycles. The van der Waals surface area contributed by atoms with Crippen molar-refractivity contribution in [2.75, 3.05) is 11.9 Å². The number of isocyanates is 1. The average Bonchev–Trinajstić information content (AvgIpc) is 2.91. The van der Waals surface area contributed by atoms with Crippen molar-refractivity contribution >= 4 is 43.6 Å². The number of ether oxygens (including phenoxy) is 1. The molecule has 0 aliphatic rings. The summed E-state index contributed by atoms with van der Waals surface area (Å²) in [5.74, 6) is 0. The molecular formula is C25H22F6N4O7S2. The maximum atomic E-state index is 11.9. The van der Waals surface area contributed by atoms with Gasteiger partial charge in [-0.05, 0) is 54.3 Å². The monoisotopic (exact) mass is 668 g/mol. The molecule has 0 saturated carbocycles. The van der Waals surface area contributed by atoms with Crippen LogP contribution in [0, 0.1) is 6.92 Å². The molecule has 1 amide bonds. The molecule has 1 heterocycles. The molecule has 0 radical (unpaired) electrons. The average molecular weight is 669 g/mol. The third kappa shape index (κ3) is 11.4. The number of rotatable bonds is 9. The van der Waals surface area contributed by atoms with E-state index in [4.69, 9.17) is 4.74 Å². The molecular weight excluding hydrogens is 646 g/mol. The first-order valence-corrected chi connectivity index (χ1v) is 14.7. The Balaban J connectivity index is 0.000000382. The number of aryl methyl sites for hydroxylation is 1. The minimum absolute atomic E-state index is 0.293. The van der Waals surface area contributed by atoms with Crippen LogP contribution in [0.4, 0.5) is 42.5 Å². The number of sulfonamides is 2. The number of alkyl halides is 6. The lowest BCUT2D eigenvalue weighted by molar-refractivity contribution is -0.697. The zero-order valence-electron chi connectivity index (χ0n) is 22.3. The lowest BCUT2D eigenvalue weighted by Gasteiger charge is -2.22. The highest BCUT2D eigenvalue weighted by Gasteiger charge is 2.46. The van der Waals surface area contributed by atoms with Crippen LogP contribution in [0.15, 0.2) is 78.0 Å². The molecule has 3 aromatic rings. The Bertz CT molecular complexity index is 1630. The van der Waals surface area contributed by atoms with E-state index in [9.17, 15) is 52.8 Å². The number of halogens is 6. The van der Waals surface area contributed by atoms with E-state index in [0.29, 0.717) is 24.5 Å². The van der Waals surface area contributed by atoms with E-state index in [2.05, 4.69) is 10.3 Å². The number of aromatic nitrogens is 1. The van der Waals surface area contributed by atoms with Crippen LogP contribution < -0.4 is 9.88 Å². The van der Waals surface area contributed by atoms with Crippen LogP contribution in [0.5, 0.6) is 0 Å². The highest BCUT2D eigenvalue weighted by molar-refractivity contribution is 8.13. The van der Waals surface area contributed by atoms with Crippen LogP contribution >= 0.6 is 0 Å². The molecule has 0 spiro atoms. The first-order valence-electron chi connectivity index (χ1n) is 11.8. The van der Waals surface area contributed by atoms with Crippen molar-refractivity contribution in [1.29, 1.82) is 0 Å². The van der Waals surface area contributed by atoms with E-state index < -0.39 is 37.2 Å². The van der Waals surface area contributed by atoms with Gasteiger partial charge in [0.1, 0.15) is 0 Å². The molecule has 2 aromatic carbocycles. The standard InChI is InChI=1S/C23H21N3O3.C2F6NO4S2/c1-18-10-12-26(13-11-18)14-15-29-23(28)25-22-8-4-20(5-9-22)16-19-2-6-21(7-3-19)24-17-27;3-1(4,5)14(10,11)9-15(12,13)2(6,7)8/h2-13H,14-16H2,1H3;/q;-1/p+1. The van der Waals surface area contributed by atoms with Gasteiger partial charge >= 0.3 is 17.1 Å². The maximum Gasteiger partial charge on any atom is 0.480 e. The second kappa shape index (κ2) is 14.9. The van der Waals surface area contributed by atoms with Gasteiger partial charge in [-0.25, -0.2) is 31.0 Å². The van der Waals surface area contributed by atoms with Crippen LogP contribution in [0.1, 0.15) is 16.7 Å². The second-order valence-electron chi connectivity index (χ2n) is 8.53. The number of carbonyl (C=O) groups excluding carboxylic acids is 2. The van der Waals surface area contributed by atoms with E-state index in [1.54, 1.807) is 12.1 Å². The van der Waals surface area contributed by atoms with Gasteiger partial charge in [-0.3, -0.25) is 5.32 Å². The van der Waals surface area contributed by atoms with Gasteiger partial charge in [-0.2, -0.15) is 31.3 Å². The second-order valence-corrected chi connectivity index (χ2v) is 12.0. The molecule has 0 atom stereocenters. The van der Waals surface area contributed by atoms with Gasteiger partial charge in [-0.15, -0.1) is 0 Å². The van der Waals surface area contributed by atoms with Crippen molar-refractivity contribution in [1.82, 2.24) is 0 Å². The molecule has 3 rings (SSSR count). The quantitative estimate of drug-likeness (QED) is 0.143. The highest BCUT2D eigenvalue weighted by atomic mass is 32.3. The van der Waals surface area contributed by atoms with Crippen molar-refractivity contribution in [3.05, 3.63) is 93.9 Å². The molecule has 1 N–H and O–H groups in total. The number of aliphatic imine (C=N–C) groups is 1. The third-order valence-corrected chi connectivity index (χ3v) is 7.88. The largest absolute Gasteiger partial charge is 0.480 e. The lowest BCUT2D eigenvalue weighted by Crippen LogP contribution is -2.35. The molecule has 44 heavy (non-hydrogen) atoms. The number of nitrogens with zero attached hydrogens (tertiary/aromatic N) is 3. The molecule has 1 aromatic heterocycles. The zero-order chi connectivity index (χ0) is 33.2. The van der Waals surface area contributed by atoms with Crippen LogP contribution in [-0.4, -0.2) is 46.6 Å². The fourth-order valence-corrected chi connectivity index (χ4v) is 4.68. The number of pyridine rings is 1. The minimum atomic E-state index is -6.72. The van der Waals surface area contributed by atoms with Crippen molar-refractivity contribution in [2.45, 2.75) is 30.9 Å². The van der Waals surface area contributed by atoms with Crippen molar-refractivity contribution in [3.63, 3.8) is 0 Å². The Morgan fingerprint density at radius 3 is 1.80 bits per heavy atom. The topological polar surface area (TPSA) is 154 Å². The van der Waals surface area contributed by atoms with Crippen LogP contribution in [-0.2, 0) is 42.5 Å². The lowest BCUT2D eigenvalue weighted by atomic mass is 10.0. The highest BCUT2D eigenvalue weighted by Crippen LogP contribution is 2.36. The predicted molar refractivity (Wildman–Crippen MR) is 143 cm³/mol.